The van der Waals surface area contributed by atoms with E-state index in [9.17, 15) is 4.79 Å². The smallest absolute Gasteiger partial charge is 0.228 e. The van der Waals surface area contributed by atoms with Crippen LogP contribution in [0.2, 0.25) is 0 Å². The molecule has 1 amide bonds. The zero-order valence-corrected chi connectivity index (χ0v) is 16.4. The largest absolute Gasteiger partial charge is 0.316 e. The third kappa shape index (κ3) is 3.85. The van der Waals surface area contributed by atoms with Crippen molar-refractivity contribution in [2.45, 2.75) is 20.4 Å². The molecule has 1 atom stereocenters. The van der Waals surface area contributed by atoms with Gasteiger partial charge in [-0.15, -0.1) is 0 Å². The molecule has 0 spiro atoms. The maximum absolute atomic E-state index is 12.8. The monoisotopic (exact) mass is 374 g/mol. The molecule has 5 nitrogen and oxygen atoms in total. The van der Waals surface area contributed by atoms with E-state index in [-0.39, 0.29) is 11.8 Å². The molecule has 5 heteroatoms. The number of anilines is 1. The fourth-order valence-electron chi connectivity index (χ4n) is 3.50. The lowest BCUT2D eigenvalue weighted by atomic mass is 9.88. The van der Waals surface area contributed by atoms with Crippen LogP contribution in [0.1, 0.15) is 18.1 Å². The van der Waals surface area contributed by atoms with Gasteiger partial charge in [-0.1, -0.05) is 61.5 Å². The summed E-state index contributed by atoms with van der Waals surface area (Å²) in [6.45, 7) is 6.51. The number of carbonyl (C=O) groups is 1. The Morgan fingerprint density at radius 3 is 2.57 bits per heavy atom. The molecule has 1 fully saturated rings. The van der Waals surface area contributed by atoms with Gasteiger partial charge >= 0.3 is 0 Å². The third-order valence-corrected chi connectivity index (χ3v) is 5.56. The molecule has 0 aliphatic carbocycles. The maximum Gasteiger partial charge on any atom is 0.228 e. The lowest BCUT2D eigenvalue weighted by Gasteiger charge is -2.31. The molecule has 2 aromatic carbocycles. The fraction of sp³-hybridized carbons (Fsp3) is 0.304. The SMILES string of the molecule is Cc1ccccc1-c1cc(NC(=O)C(C)C2CNC2)n(Cc2ccccc2)n1. The van der Waals surface area contributed by atoms with E-state index < -0.39 is 0 Å². The van der Waals surface area contributed by atoms with Crippen LogP contribution in [0.3, 0.4) is 0 Å². The fourth-order valence-corrected chi connectivity index (χ4v) is 3.50. The van der Waals surface area contributed by atoms with Gasteiger partial charge in [-0.05, 0) is 37.1 Å². The predicted molar refractivity (Wildman–Crippen MR) is 112 cm³/mol. The Morgan fingerprint density at radius 2 is 1.89 bits per heavy atom. The standard InChI is InChI=1S/C23H26N4O/c1-16-8-6-7-11-20(16)21-12-22(25-23(28)17(2)19-13-24-14-19)27(26-21)15-18-9-4-3-5-10-18/h3-12,17,19,24H,13-15H2,1-2H3,(H,25,28). The Balaban J connectivity index is 1.64. The summed E-state index contributed by atoms with van der Waals surface area (Å²) >= 11 is 0. The maximum atomic E-state index is 12.8. The summed E-state index contributed by atoms with van der Waals surface area (Å²) in [7, 11) is 0. The van der Waals surface area contributed by atoms with E-state index in [0.717, 1.165) is 35.7 Å². The van der Waals surface area contributed by atoms with Gasteiger partial charge in [-0.2, -0.15) is 5.10 Å². The van der Waals surface area contributed by atoms with Gasteiger partial charge < -0.3 is 10.6 Å². The van der Waals surface area contributed by atoms with Gasteiger partial charge in [0.1, 0.15) is 5.82 Å². The second-order valence-electron chi connectivity index (χ2n) is 7.57. The van der Waals surface area contributed by atoms with Crippen LogP contribution in [0.15, 0.2) is 60.7 Å². The first-order valence-electron chi connectivity index (χ1n) is 9.81. The van der Waals surface area contributed by atoms with Gasteiger partial charge in [-0.25, -0.2) is 4.68 Å². The lowest BCUT2D eigenvalue weighted by molar-refractivity contribution is -0.121. The molecule has 1 unspecified atom stereocenters. The van der Waals surface area contributed by atoms with E-state index in [0.29, 0.717) is 12.5 Å². The van der Waals surface area contributed by atoms with E-state index in [1.54, 1.807) is 0 Å². The number of aryl methyl sites for hydroxylation is 1. The van der Waals surface area contributed by atoms with Crippen LogP contribution in [0.5, 0.6) is 0 Å². The summed E-state index contributed by atoms with van der Waals surface area (Å²) in [6.07, 6.45) is 0. The van der Waals surface area contributed by atoms with E-state index in [4.69, 9.17) is 5.10 Å². The second-order valence-corrected chi connectivity index (χ2v) is 7.57. The molecule has 2 N–H and O–H groups in total. The van der Waals surface area contributed by atoms with Gasteiger partial charge in [0, 0.05) is 17.5 Å². The topological polar surface area (TPSA) is 59.0 Å². The van der Waals surface area contributed by atoms with E-state index >= 15 is 0 Å². The molecule has 2 heterocycles. The van der Waals surface area contributed by atoms with Crippen LogP contribution < -0.4 is 10.6 Å². The number of hydrogen-bond acceptors (Lipinski definition) is 3. The molecule has 1 aromatic heterocycles. The number of benzene rings is 2. The van der Waals surface area contributed by atoms with Gasteiger partial charge in [-0.3, -0.25) is 4.79 Å². The Bertz CT molecular complexity index is 960. The van der Waals surface area contributed by atoms with Gasteiger partial charge in [0.05, 0.1) is 12.2 Å². The summed E-state index contributed by atoms with van der Waals surface area (Å²) in [4.78, 5) is 12.8. The number of amides is 1. The molecule has 3 aromatic rings. The molecule has 1 aliphatic heterocycles. The highest BCUT2D eigenvalue weighted by Gasteiger charge is 2.29. The van der Waals surface area contributed by atoms with Crippen molar-refractivity contribution in [1.82, 2.24) is 15.1 Å². The summed E-state index contributed by atoms with van der Waals surface area (Å²) in [6, 6.07) is 20.4. The van der Waals surface area contributed by atoms with E-state index in [1.807, 2.05) is 48.0 Å². The molecular formula is C23H26N4O. The molecular weight excluding hydrogens is 348 g/mol. The van der Waals surface area contributed by atoms with Gasteiger partial charge in [0.25, 0.3) is 0 Å². The van der Waals surface area contributed by atoms with Gasteiger partial charge in [0.2, 0.25) is 5.91 Å². The quantitative estimate of drug-likeness (QED) is 0.692. The van der Waals surface area contributed by atoms with Crippen LogP contribution in [0.4, 0.5) is 5.82 Å². The Labute approximate surface area is 165 Å². The van der Waals surface area contributed by atoms with Crippen molar-refractivity contribution in [3.63, 3.8) is 0 Å². The number of aromatic nitrogens is 2. The molecule has 144 valence electrons. The van der Waals surface area contributed by atoms with Crippen LogP contribution in [0.25, 0.3) is 11.3 Å². The first-order chi connectivity index (χ1) is 13.6. The molecule has 0 bridgehead atoms. The first-order valence-corrected chi connectivity index (χ1v) is 9.81. The summed E-state index contributed by atoms with van der Waals surface area (Å²) in [5.74, 6) is 1.17. The van der Waals surface area contributed by atoms with Crippen molar-refractivity contribution in [3.8, 4) is 11.3 Å². The average Bonchev–Trinajstić information content (AvgIpc) is 3.03. The zero-order chi connectivity index (χ0) is 19.5. The minimum atomic E-state index is -0.0248. The number of carbonyl (C=O) groups excluding carboxylic acids is 1. The normalized spacial score (nSPS) is 15.1. The summed E-state index contributed by atoms with van der Waals surface area (Å²) in [5.41, 5.74) is 4.27. The van der Waals surface area contributed by atoms with Crippen LogP contribution in [-0.2, 0) is 11.3 Å². The summed E-state index contributed by atoms with van der Waals surface area (Å²) in [5, 5.41) is 11.2. The lowest BCUT2D eigenvalue weighted by Crippen LogP contribution is -2.48. The highest BCUT2D eigenvalue weighted by Crippen LogP contribution is 2.26. The zero-order valence-electron chi connectivity index (χ0n) is 16.4. The number of hydrogen-bond donors (Lipinski definition) is 2. The summed E-state index contributed by atoms with van der Waals surface area (Å²) < 4.78 is 1.89. The Hall–Kier alpha value is -2.92. The first kappa shape index (κ1) is 18.4. The molecule has 0 saturated carbocycles. The van der Waals surface area contributed by atoms with Crippen molar-refractivity contribution >= 4 is 11.7 Å². The van der Waals surface area contributed by atoms with Gasteiger partial charge in [0.15, 0.2) is 0 Å². The van der Waals surface area contributed by atoms with Crippen molar-refractivity contribution < 1.29 is 4.79 Å². The molecule has 1 aliphatic rings. The average molecular weight is 374 g/mol. The molecule has 28 heavy (non-hydrogen) atoms. The number of nitrogens with one attached hydrogen (secondary N) is 2. The predicted octanol–water partition coefficient (Wildman–Crippen LogP) is 3.70. The number of rotatable bonds is 6. The molecule has 0 radical (unpaired) electrons. The van der Waals surface area contributed by atoms with Crippen LogP contribution in [0, 0.1) is 18.8 Å². The second kappa shape index (κ2) is 7.98. The highest BCUT2D eigenvalue weighted by molar-refractivity contribution is 5.92. The molecule has 1 saturated heterocycles. The third-order valence-electron chi connectivity index (χ3n) is 5.56. The van der Waals surface area contributed by atoms with Crippen molar-refractivity contribution in [1.29, 1.82) is 0 Å². The minimum absolute atomic E-state index is 0.0248. The van der Waals surface area contributed by atoms with Crippen molar-refractivity contribution in [2.24, 2.45) is 11.8 Å². The van der Waals surface area contributed by atoms with Crippen molar-refractivity contribution in [3.05, 3.63) is 71.8 Å². The van der Waals surface area contributed by atoms with E-state index in [2.05, 4.69) is 41.8 Å². The Morgan fingerprint density at radius 1 is 1.18 bits per heavy atom. The number of nitrogens with zero attached hydrogens (tertiary/aromatic N) is 2. The minimum Gasteiger partial charge on any atom is -0.316 e. The van der Waals surface area contributed by atoms with E-state index in [1.165, 1.54) is 5.56 Å². The van der Waals surface area contributed by atoms with Crippen LogP contribution >= 0.6 is 0 Å². The molecule has 4 rings (SSSR count). The highest BCUT2D eigenvalue weighted by atomic mass is 16.2. The van der Waals surface area contributed by atoms with Crippen molar-refractivity contribution in [2.75, 3.05) is 18.4 Å². The Kier molecular flexibility index (Phi) is 5.26. The van der Waals surface area contributed by atoms with Crippen LogP contribution in [-0.4, -0.2) is 28.8 Å².